The fourth-order valence-corrected chi connectivity index (χ4v) is 3.07. The minimum atomic E-state index is -0.509. The van der Waals surface area contributed by atoms with Crippen LogP contribution in [0.5, 0.6) is 0 Å². The van der Waals surface area contributed by atoms with Crippen LogP contribution in [0.4, 0.5) is 11.6 Å². The minimum absolute atomic E-state index is 0.322. The summed E-state index contributed by atoms with van der Waals surface area (Å²) in [5.74, 6) is 1.35. The van der Waals surface area contributed by atoms with Gasteiger partial charge in [0.1, 0.15) is 17.2 Å². The van der Waals surface area contributed by atoms with Gasteiger partial charge in [-0.15, -0.1) is 10.2 Å². The molecule has 2 heterocycles. The third kappa shape index (κ3) is 4.14. The predicted octanol–water partition coefficient (Wildman–Crippen LogP) is 3.87. The molecule has 7 heteroatoms. The van der Waals surface area contributed by atoms with Crippen LogP contribution < -0.4 is 11.1 Å². The molecule has 0 saturated heterocycles. The number of carbonyl (C=O) groups is 1. The number of hydrogen-bond donors (Lipinski definition) is 2. The molecule has 4 rings (SSSR count). The molecule has 0 fully saturated rings. The van der Waals surface area contributed by atoms with Crippen LogP contribution in [-0.4, -0.2) is 21.1 Å². The lowest BCUT2D eigenvalue weighted by atomic mass is 10.0. The Hall–Kier alpha value is -4.00. The number of anilines is 2. The van der Waals surface area contributed by atoms with Crippen LogP contribution in [0, 0.1) is 6.92 Å². The van der Waals surface area contributed by atoms with Crippen molar-refractivity contribution in [1.82, 2.24) is 15.2 Å². The first kappa shape index (κ1) is 18.4. The summed E-state index contributed by atoms with van der Waals surface area (Å²) >= 11 is 0. The molecule has 2 aromatic heterocycles. The number of carbonyl (C=O) groups excluding carboxylic acids is 1. The molecule has 4 aromatic rings. The quantitative estimate of drug-likeness (QED) is 0.522. The Morgan fingerprint density at radius 3 is 2.52 bits per heavy atom. The van der Waals surface area contributed by atoms with E-state index in [1.165, 1.54) is 0 Å². The summed E-state index contributed by atoms with van der Waals surface area (Å²) in [5.41, 5.74) is 8.99. The maximum Gasteiger partial charge on any atom is 0.249 e. The van der Waals surface area contributed by atoms with Gasteiger partial charge in [0, 0.05) is 23.2 Å². The number of furan rings is 1. The number of aromatic nitrogens is 3. The van der Waals surface area contributed by atoms with Crippen molar-refractivity contribution < 1.29 is 9.21 Å². The second-order valence-electron chi connectivity index (χ2n) is 6.54. The van der Waals surface area contributed by atoms with E-state index in [1.54, 1.807) is 18.3 Å². The van der Waals surface area contributed by atoms with E-state index in [2.05, 4.69) is 20.5 Å². The van der Waals surface area contributed by atoms with Crippen LogP contribution in [0.25, 0.3) is 11.3 Å². The summed E-state index contributed by atoms with van der Waals surface area (Å²) in [4.78, 5) is 16.3. The summed E-state index contributed by atoms with van der Waals surface area (Å²) in [6, 6.07) is 18.7. The maximum atomic E-state index is 11.9. The van der Waals surface area contributed by atoms with E-state index < -0.39 is 5.91 Å². The van der Waals surface area contributed by atoms with Gasteiger partial charge >= 0.3 is 0 Å². The number of nitrogens with one attached hydrogen (secondary N) is 1. The molecule has 144 valence electrons. The molecule has 29 heavy (non-hydrogen) atoms. The van der Waals surface area contributed by atoms with E-state index in [0.717, 1.165) is 17.1 Å². The average molecular weight is 385 g/mol. The summed E-state index contributed by atoms with van der Waals surface area (Å²) < 4.78 is 5.67. The summed E-state index contributed by atoms with van der Waals surface area (Å²) in [5, 5.41) is 11.5. The number of hydrogen-bond acceptors (Lipinski definition) is 6. The highest BCUT2D eigenvalue weighted by Gasteiger charge is 2.16. The Balaban J connectivity index is 1.64. The Morgan fingerprint density at radius 2 is 1.86 bits per heavy atom. The van der Waals surface area contributed by atoms with E-state index in [0.29, 0.717) is 34.9 Å². The second-order valence-corrected chi connectivity index (χ2v) is 6.54. The first-order chi connectivity index (χ1) is 14.1. The van der Waals surface area contributed by atoms with Gasteiger partial charge in [-0.25, -0.2) is 4.98 Å². The highest BCUT2D eigenvalue weighted by molar-refractivity contribution is 5.96. The number of benzene rings is 2. The lowest BCUT2D eigenvalue weighted by molar-refractivity contribution is 0.0999. The van der Waals surface area contributed by atoms with Gasteiger partial charge in [-0.1, -0.05) is 36.4 Å². The van der Waals surface area contributed by atoms with E-state index in [9.17, 15) is 4.79 Å². The van der Waals surface area contributed by atoms with E-state index in [1.807, 2.05) is 55.5 Å². The highest BCUT2D eigenvalue weighted by Crippen LogP contribution is 2.26. The molecule has 0 atom stereocenters. The standard InChI is InChI=1S/C22H19N5O2/c1-14-10-11-16(29-14)12-18-17(21(23)28)8-5-9-19(18)25-22-24-13-20(26-27-22)15-6-3-2-4-7-15/h2-11,13H,12H2,1H3,(H2,23,28)(H,24,25,27). The van der Waals surface area contributed by atoms with Gasteiger partial charge in [0.2, 0.25) is 11.9 Å². The second kappa shape index (κ2) is 7.93. The zero-order valence-corrected chi connectivity index (χ0v) is 15.8. The molecule has 3 N–H and O–H groups in total. The van der Waals surface area contributed by atoms with Crippen LogP contribution in [0.15, 0.2) is 71.3 Å². The van der Waals surface area contributed by atoms with Gasteiger partial charge in [0.15, 0.2) is 0 Å². The first-order valence-corrected chi connectivity index (χ1v) is 9.09. The Morgan fingerprint density at radius 1 is 1.03 bits per heavy atom. The number of amides is 1. The molecular weight excluding hydrogens is 366 g/mol. The van der Waals surface area contributed by atoms with E-state index in [4.69, 9.17) is 10.2 Å². The third-order valence-electron chi connectivity index (χ3n) is 4.47. The van der Waals surface area contributed by atoms with Crippen molar-refractivity contribution in [2.75, 3.05) is 5.32 Å². The minimum Gasteiger partial charge on any atom is -0.466 e. The Kier molecular flexibility index (Phi) is 5.03. The molecule has 0 aliphatic rings. The van der Waals surface area contributed by atoms with Gasteiger partial charge in [-0.05, 0) is 36.8 Å². The number of rotatable bonds is 6. The van der Waals surface area contributed by atoms with Crippen LogP contribution in [0.1, 0.15) is 27.4 Å². The van der Waals surface area contributed by atoms with Gasteiger partial charge in [0.25, 0.3) is 0 Å². The summed E-state index contributed by atoms with van der Waals surface area (Å²) in [6.45, 7) is 1.87. The molecule has 0 unspecified atom stereocenters. The first-order valence-electron chi connectivity index (χ1n) is 9.09. The highest BCUT2D eigenvalue weighted by atomic mass is 16.3. The fraction of sp³-hybridized carbons (Fsp3) is 0.0909. The number of aryl methyl sites for hydroxylation is 1. The zero-order chi connectivity index (χ0) is 20.2. The van der Waals surface area contributed by atoms with E-state index >= 15 is 0 Å². The maximum absolute atomic E-state index is 11.9. The molecular formula is C22H19N5O2. The van der Waals surface area contributed by atoms with Gasteiger partial charge in [-0.2, -0.15) is 0 Å². The SMILES string of the molecule is Cc1ccc(Cc2c(Nc3ncc(-c4ccccc4)nn3)cccc2C(N)=O)o1. The van der Waals surface area contributed by atoms with Crippen LogP contribution in [0.3, 0.4) is 0 Å². The Bertz CT molecular complexity index is 1140. The smallest absolute Gasteiger partial charge is 0.249 e. The van der Waals surface area contributed by atoms with Crippen molar-refractivity contribution in [2.24, 2.45) is 5.73 Å². The van der Waals surface area contributed by atoms with Crippen LogP contribution in [-0.2, 0) is 6.42 Å². The Labute approximate surface area is 167 Å². The largest absolute Gasteiger partial charge is 0.466 e. The summed E-state index contributed by atoms with van der Waals surface area (Å²) in [7, 11) is 0. The zero-order valence-electron chi connectivity index (χ0n) is 15.8. The van der Waals surface area contributed by atoms with Crippen LogP contribution >= 0.6 is 0 Å². The third-order valence-corrected chi connectivity index (χ3v) is 4.47. The molecule has 1 amide bonds. The topological polar surface area (TPSA) is 107 Å². The van der Waals surface area contributed by atoms with Gasteiger partial charge < -0.3 is 15.5 Å². The van der Waals surface area contributed by atoms with Crippen molar-refractivity contribution in [3.63, 3.8) is 0 Å². The van der Waals surface area contributed by atoms with Gasteiger partial charge in [0.05, 0.1) is 6.20 Å². The van der Waals surface area contributed by atoms with Crippen LogP contribution in [0.2, 0.25) is 0 Å². The molecule has 0 aliphatic heterocycles. The molecule has 0 saturated carbocycles. The molecule has 0 radical (unpaired) electrons. The fourth-order valence-electron chi connectivity index (χ4n) is 3.07. The molecule has 0 aliphatic carbocycles. The normalized spacial score (nSPS) is 10.7. The average Bonchev–Trinajstić information content (AvgIpc) is 3.15. The van der Waals surface area contributed by atoms with Crippen molar-refractivity contribution in [3.8, 4) is 11.3 Å². The number of nitrogens with two attached hydrogens (primary N) is 1. The molecule has 2 aromatic carbocycles. The van der Waals surface area contributed by atoms with Crippen molar-refractivity contribution in [1.29, 1.82) is 0 Å². The monoisotopic (exact) mass is 385 g/mol. The van der Waals surface area contributed by atoms with Crippen molar-refractivity contribution in [3.05, 3.63) is 89.5 Å². The van der Waals surface area contributed by atoms with E-state index in [-0.39, 0.29) is 0 Å². The molecule has 7 nitrogen and oxygen atoms in total. The summed E-state index contributed by atoms with van der Waals surface area (Å²) in [6.07, 6.45) is 2.06. The number of nitrogens with zero attached hydrogens (tertiary/aromatic N) is 3. The molecule has 0 bridgehead atoms. The predicted molar refractivity (Wildman–Crippen MR) is 110 cm³/mol. The lowest BCUT2D eigenvalue weighted by Crippen LogP contribution is -2.15. The molecule has 0 spiro atoms. The number of primary amides is 1. The van der Waals surface area contributed by atoms with Crippen molar-refractivity contribution in [2.45, 2.75) is 13.3 Å². The van der Waals surface area contributed by atoms with Gasteiger partial charge in [-0.3, -0.25) is 4.79 Å². The lowest BCUT2D eigenvalue weighted by Gasteiger charge is -2.13. The van der Waals surface area contributed by atoms with Crippen molar-refractivity contribution >= 4 is 17.5 Å².